The molecule has 0 saturated heterocycles. The fourth-order valence-electron chi connectivity index (χ4n) is 1.48. The van der Waals surface area contributed by atoms with Crippen LogP contribution < -0.4 is 5.32 Å². The van der Waals surface area contributed by atoms with Gasteiger partial charge in [0, 0.05) is 23.5 Å². The predicted octanol–water partition coefficient (Wildman–Crippen LogP) is 2.80. The molecule has 5 heteroatoms. The lowest BCUT2D eigenvalue weighted by Crippen LogP contribution is -2.28. The van der Waals surface area contributed by atoms with Crippen LogP contribution >= 0.6 is 27.5 Å². The molecule has 1 N–H and O–H groups in total. The number of amides is 1. The molecule has 0 aliphatic rings. The molecule has 1 unspecified atom stereocenters. The number of rotatable bonds is 7. The number of alkyl halides is 1. The van der Waals surface area contributed by atoms with Crippen LogP contribution in [0.2, 0.25) is 5.02 Å². The zero-order chi connectivity index (χ0) is 13.4. The van der Waals surface area contributed by atoms with Crippen LogP contribution in [0, 0.1) is 0 Å². The van der Waals surface area contributed by atoms with Crippen molar-refractivity contribution >= 4 is 33.4 Å². The van der Waals surface area contributed by atoms with Gasteiger partial charge in [-0.1, -0.05) is 39.7 Å². The molecule has 1 amide bonds. The molecule has 0 aliphatic heterocycles. The van der Waals surface area contributed by atoms with Gasteiger partial charge in [-0.15, -0.1) is 0 Å². The minimum Gasteiger partial charge on any atom is -0.384 e. The number of carbonyl (C=O) groups excluding carboxylic acids is 1. The van der Waals surface area contributed by atoms with E-state index < -0.39 is 0 Å². The van der Waals surface area contributed by atoms with Crippen molar-refractivity contribution in [1.82, 2.24) is 5.32 Å². The summed E-state index contributed by atoms with van der Waals surface area (Å²) in [5, 5.41) is 3.56. The van der Waals surface area contributed by atoms with E-state index in [9.17, 15) is 4.79 Å². The molecule has 0 fully saturated rings. The lowest BCUT2D eigenvalue weighted by molar-refractivity contribution is -0.120. The van der Waals surface area contributed by atoms with E-state index in [1.54, 1.807) is 19.2 Å². The van der Waals surface area contributed by atoms with Gasteiger partial charge in [0.25, 0.3) is 0 Å². The van der Waals surface area contributed by atoms with Crippen LogP contribution in [0.4, 0.5) is 0 Å². The summed E-state index contributed by atoms with van der Waals surface area (Å²) in [4.78, 5) is 11.9. The number of benzene rings is 1. The first-order valence-corrected chi connectivity index (χ1v) is 7.05. The summed E-state index contributed by atoms with van der Waals surface area (Å²) in [5.74, 6) is 0.0226. The molecule has 3 nitrogen and oxygen atoms in total. The third kappa shape index (κ3) is 6.38. The van der Waals surface area contributed by atoms with Crippen LogP contribution in [0.25, 0.3) is 0 Å². The largest absolute Gasteiger partial charge is 0.384 e. The van der Waals surface area contributed by atoms with Gasteiger partial charge in [-0.3, -0.25) is 4.79 Å². The summed E-state index contributed by atoms with van der Waals surface area (Å²) in [6.07, 6.45) is 1.23. The van der Waals surface area contributed by atoms with Gasteiger partial charge in [-0.2, -0.15) is 0 Å². The van der Waals surface area contributed by atoms with Gasteiger partial charge < -0.3 is 10.1 Å². The lowest BCUT2D eigenvalue weighted by atomic mass is 10.1. The second-order valence-electron chi connectivity index (χ2n) is 3.99. The summed E-state index contributed by atoms with van der Waals surface area (Å²) < 4.78 is 5.00. The van der Waals surface area contributed by atoms with Crippen LogP contribution in [0.5, 0.6) is 0 Å². The molecule has 0 bridgehead atoms. The quantitative estimate of drug-likeness (QED) is 0.779. The average Bonchev–Trinajstić information content (AvgIpc) is 2.32. The van der Waals surface area contributed by atoms with E-state index in [-0.39, 0.29) is 10.7 Å². The minimum atomic E-state index is 0.0226. The number of hydrogen-bond donors (Lipinski definition) is 1. The maximum atomic E-state index is 11.6. The van der Waals surface area contributed by atoms with E-state index in [1.807, 2.05) is 12.1 Å². The van der Waals surface area contributed by atoms with Crippen molar-refractivity contribution in [2.45, 2.75) is 17.7 Å². The van der Waals surface area contributed by atoms with Crippen molar-refractivity contribution in [3.63, 3.8) is 0 Å². The summed E-state index contributed by atoms with van der Waals surface area (Å²) in [6, 6.07) is 7.30. The molecule has 18 heavy (non-hydrogen) atoms. The third-order valence-electron chi connectivity index (χ3n) is 2.41. The zero-order valence-corrected chi connectivity index (χ0v) is 12.6. The van der Waals surface area contributed by atoms with Gasteiger partial charge in [0.05, 0.1) is 13.0 Å². The van der Waals surface area contributed by atoms with Gasteiger partial charge in [0.2, 0.25) is 5.91 Å². The summed E-state index contributed by atoms with van der Waals surface area (Å²) >= 11 is 9.25. The first-order chi connectivity index (χ1) is 8.61. The highest BCUT2D eigenvalue weighted by Gasteiger charge is 2.06. The van der Waals surface area contributed by atoms with E-state index in [4.69, 9.17) is 16.3 Å². The molecular weight excluding hydrogens is 318 g/mol. The monoisotopic (exact) mass is 333 g/mol. The zero-order valence-electron chi connectivity index (χ0n) is 10.3. The van der Waals surface area contributed by atoms with Crippen LogP contribution in [0.3, 0.4) is 0 Å². The molecular formula is C13H17BrClNO2. The van der Waals surface area contributed by atoms with E-state index in [1.165, 1.54) is 0 Å². The maximum absolute atomic E-state index is 11.6. The number of ether oxygens (including phenoxy) is 1. The molecule has 100 valence electrons. The molecule has 1 aromatic carbocycles. The molecule has 0 heterocycles. The Morgan fingerprint density at radius 2 is 2.11 bits per heavy atom. The summed E-state index contributed by atoms with van der Waals surface area (Å²) in [5.41, 5.74) is 0.962. The van der Waals surface area contributed by atoms with E-state index in [2.05, 4.69) is 21.2 Å². The number of methoxy groups -OCH3 is 1. The van der Waals surface area contributed by atoms with Crippen LogP contribution in [-0.2, 0) is 16.0 Å². The van der Waals surface area contributed by atoms with Crippen LogP contribution in [0.1, 0.15) is 12.0 Å². The van der Waals surface area contributed by atoms with E-state index in [0.29, 0.717) is 24.6 Å². The molecule has 0 aromatic heterocycles. The predicted molar refractivity (Wildman–Crippen MR) is 77.4 cm³/mol. The Hall–Kier alpha value is -0.580. The first kappa shape index (κ1) is 15.5. The van der Waals surface area contributed by atoms with Gasteiger partial charge >= 0.3 is 0 Å². The SMILES string of the molecule is COCC(Br)CCNC(=O)Cc1ccc(Cl)cc1. The topological polar surface area (TPSA) is 38.3 Å². The van der Waals surface area contributed by atoms with Crippen molar-refractivity contribution < 1.29 is 9.53 Å². The van der Waals surface area contributed by atoms with Crippen molar-refractivity contribution in [3.8, 4) is 0 Å². The molecule has 1 rings (SSSR count). The summed E-state index contributed by atoms with van der Waals surface area (Å²) in [6.45, 7) is 1.29. The normalized spacial score (nSPS) is 12.2. The number of nitrogens with one attached hydrogen (secondary N) is 1. The Labute approximate surface area is 121 Å². The minimum absolute atomic E-state index is 0.0226. The molecule has 1 aromatic rings. The summed E-state index contributed by atoms with van der Waals surface area (Å²) in [7, 11) is 1.66. The number of halogens is 2. The lowest BCUT2D eigenvalue weighted by Gasteiger charge is -2.09. The van der Waals surface area contributed by atoms with E-state index in [0.717, 1.165) is 12.0 Å². The molecule has 0 radical (unpaired) electrons. The number of carbonyl (C=O) groups is 1. The Bertz CT molecular complexity index is 370. The van der Waals surface area contributed by atoms with Crippen molar-refractivity contribution in [3.05, 3.63) is 34.9 Å². The Morgan fingerprint density at radius 1 is 1.44 bits per heavy atom. The Kier molecular flexibility index (Phi) is 7.32. The van der Waals surface area contributed by atoms with Gasteiger partial charge in [0.15, 0.2) is 0 Å². The van der Waals surface area contributed by atoms with E-state index >= 15 is 0 Å². The van der Waals surface area contributed by atoms with Gasteiger partial charge in [0.1, 0.15) is 0 Å². The van der Waals surface area contributed by atoms with Crippen molar-refractivity contribution in [1.29, 1.82) is 0 Å². The second-order valence-corrected chi connectivity index (χ2v) is 5.73. The Morgan fingerprint density at radius 3 is 2.72 bits per heavy atom. The molecule has 0 spiro atoms. The average molecular weight is 335 g/mol. The van der Waals surface area contributed by atoms with Crippen LogP contribution in [0.15, 0.2) is 24.3 Å². The van der Waals surface area contributed by atoms with Crippen LogP contribution in [-0.4, -0.2) is 31.0 Å². The highest BCUT2D eigenvalue weighted by Crippen LogP contribution is 2.10. The van der Waals surface area contributed by atoms with Gasteiger partial charge in [-0.25, -0.2) is 0 Å². The third-order valence-corrected chi connectivity index (χ3v) is 3.38. The first-order valence-electron chi connectivity index (χ1n) is 5.76. The molecule has 1 atom stereocenters. The maximum Gasteiger partial charge on any atom is 0.224 e. The fraction of sp³-hybridized carbons (Fsp3) is 0.462. The Balaban J connectivity index is 2.23. The molecule has 0 saturated carbocycles. The van der Waals surface area contributed by atoms with Crippen molar-refractivity contribution in [2.24, 2.45) is 0 Å². The van der Waals surface area contributed by atoms with Gasteiger partial charge in [-0.05, 0) is 24.1 Å². The van der Waals surface area contributed by atoms with Crippen molar-refractivity contribution in [2.75, 3.05) is 20.3 Å². The fourth-order valence-corrected chi connectivity index (χ4v) is 2.10. The molecule has 0 aliphatic carbocycles. The second kappa shape index (κ2) is 8.51. The highest BCUT2D eigenvalue weighted by atomic mass is 79.9. The smallest absolute Gasteiger partial charge is 0.224 e. The standard InChI is InChI=1S/C13H17BrClNO2/c1-18-9-11(14)6-7-16-13(17)8-10-2-4-12(15)5-3-10/h2-5,11H,6-9H2,1H3,(H,16,17). The highest BCUT2D eigenvalue weighted by molar-refractivity contribution is 9.09. The number of hydrogen-bond acceptors (Lipinski definition) is 2.